The molecule has 20 heavy (non-hydrogen) atoms. The molecule has 8 heteroatoms. The van der Waals surface area contributed by atoms with Gasteiger partial charge in [-0.3, -0.25) is 9.48 Å². The summed E-state index contributed by atoms with van der Waals surface area (Å²) in [5.74, 6) is -1.87. The van der Waals surface area contributed by atoms with Gasteiger partial charge in [0.05, 0.1) is 21.9 Å². The van der Waals surface area contributed by atoms with Crippen LogP contribution in [0.2, 0.25) is 10.0 Å². The molecule has 104 valence electrons. The number of aromatic nitrogens is 2. The summed E-state index contributed by atoms with van der Waals surface area (Å²) < 4.78 is 1.18. The highest BCUT2D eigenvalue weighted by atomic mass is 35.5. The molecule has 6 nitrogen and oxygen atoms in total. The Bertz CT molecular complexity index is 697. The summed E-state index contributed by atoms with van der Waals surface area (Å²) in [6.45, 7) is 0. The van der Waals surface area contributed by atoms with Crippen LogP contribution in [0.1, 0.15) is 20.8 Å². The molecule has 0 saturated carbocycles. The van der Waals surface area contributed by atoms with E-state index in [9.17, 15) is 9.59 Å². The number of rotatable bonds is 3. The Morgan fingerprint density at radius 3 is 2.70 bits per heavy atom. The molecular formula is C12H9Cl2N3O3. The quantitative estimate of drug-likeness (QED) is 0.912. The summed E-state index contributed by atoms with van der Waals surface area (Å²) >= 11 is 11.8. The Balaban J connectivity index is 2.36. The van der Waals surface area contributed by atoms with Crippen molar-refractivity contribution in [3.63, 3.8) is 0 Å². The molecule has 2 N–H and O–H groups in total. The fourth-order valence-corrected chi connectivity index (χ4v) is 1.99. The minimum Gasteiger partial charge on any atom is -0.478 e. The number of halogens is 2. The molecular weight excluding hydrogens is 305 g/mol. The van der Waals surface area contributed by atoms with Crippen LogP contribution in [-0.2, 0) is 7.05 Å². The molecule has 1 aromatic carbocycles. The van der Waals surface area contributed by atoms with Crippen LogP contribution in [-0.4, -0.2) is 26.8 Å². The third-order valence-electron chi connectivity index (χ3n) is 2.58. The van der Waals surface area contributed by atoms with Crippen LogP contribution < -0.4 is 5.32 Å². The lowest BCUT2D eigenvalue weighted by molar-refractivity contribution is 0.0692. The number of nitrogens with zero attached hydrogens (tertiary/aromatic N) is 2. The number of amides is 1. The van der Waals surface area contributed by atoms with Crippen molar-refractivity contribution >= 4 is 40.8 Å². The van der Waals surface area contributed by atoms with E-state index in [0.717, 1.165) is 6.20 Å². The lowest BCUT2D eigenvalue weighted by Crippen LogP contribution is -2.19. The third-order valence-corrected chi connectivity index (χ3v) is 3.40. The average molecular weight is 314 g/mol. The van der Waals surface area contributed by atoms with Gasteiger partial charge in [0.25, 0.3) is 5.91 Å². The second-order valence-corrected chi connectivity index (χ2v) is 4.68. The molecule has 0 bridgehead atoms. The summed E-state index contributed by atoms with van der Waals surface area (Å²) in [6.07, 6.45) is 1.11. The van der Waals surface area contributed by atoms with E-state index >= 15 is 0 Å². The van der Waals surface area contributed by atoms with Crippen LogP contribution in [0, 0.1) is 0 Å². The number of anilines is 1. The van der Waals surface area contributed by atoms with Crippen LogP contribution in [0.25, 0.3) is 0 Å². The Labute approximate surface area is 123 Å². The van der Waals surface area contributed by atoms with E-state index in [1.165, 1.54) is 11.7 Å². The Morgan fingerprint density at radius 1 is 1.35 bits per heavy atom. The number of aromatic carboxylic acids is 1. The van der Waals surface area contributed by atoms with Gasteiger partial charge in [0, 0.05) is 7.05 Å². The highest BCUT2D eigenvalue weighted by Crippen LogP contribution is 2.29. The highest BCUT2D eigenvalue weighted by molar-refractivity contribution is 6.44. The van der Waals surface area contributed by atoms with Crippen LogP contribution >= 0.6 is 23.2 Å². The van der Waals surface area contributed by atoms with E-state index < -0.39 is 11.9 Å². The maximum absolute atomic E-state index is 12.1. The second-order valence-electron chi connectivity index (χ2n) is 3.89. The van der Waals surface area contributed by atoms with Crippen molar-refractivity contribution < 1.29 is 14.7 Å². The van der Waals surface area contributed by atoms with Gasteiger partial charge in [-0.25, -0.2) is 4.79 Å². The fraction of sp³-hybridized carbons (Fsp3) is 0.0833. The highest BCUT2D eigenvalue weighted by Gasteiger charge is 2.22. The number of hydrogen-bond donors (Lipinski definition) is 2. The lowest BCUT2D eigenvalue weighted by atomic mass is 10.2. The van der Waals surface area contributed by atoms with Crippen LogP contribution in [0.5, 0.6) is 0 Å². The van der Waals surface area contributed by atoms with Crippen molar-refractivity contribution in [3.05, 3.63) is 45.7 Å². The van der Waals surface area contributed by atoms with Crippen molar-refractivity contribution in [1.82, 2.24) is 9.78 Å². The Hall–Kier alpha value is -2.05. The summed E-state index contributed by atoms with van der Waals surface area (Å²) in [7, 11) is 1.47. The number of benzene rings is 1. The number of carbonyl (C=O) groups excluding carboxylic acids is 1. The van der Waals surface area contributed by atoms with Crippen molar-refractivity contribution in [2.45, 2.75) is 0 Å². The molecule has 0 aliphatic carbocycles. The Morgan fingerprint density at radius 2 is 2.05 bits per heavy atom. The van der Waals surface area contributed by atoms with Gasteiger partial charge < -0.3 is 10.4 Å². The van der Waals surface area contributed by atoms with Crippen molar-refractivity contribution in [3.8, 4) is 0 Å². The van der Waals surface area contributed by atoms with Gasteiger partial charge in [0.2, 0.25) is 0 Å². The average Bonchev–Trinajstić information content (AvgIpc) is 2.77. The van der Waals surface area contributed by atoms with E-state index in [-0.39, 0.29) is 21.3 Å². The number of aryl methyl sites for hydroxylation is 1. The Kier molecular flexibility index (Phi) is 3.96. The monoisotopic (exact) mass is 313 g/mol. The predicted molar refractivity (Wildman–Crippen MR) is 74.6 cm³/mol. The standard InChI is InChI=1S/C12H9Cl2N3O3/c1-17-10(6(5-15-17)12(19)20)11(18)16-8-4-2-3-7(13)9(8)14/h2-5H,1H3,(H,16,18)(H,19,20). The molecule has 1 heterocycles. The lowest BCUT2D eigenvalue weighted by Gasteiger charge is -2.09. The van der Waals surface area contributed by atoms with E-state index in [0.29, 0.717) is 5.69 Å². The SMILES string of the molecule is Cn1ncc(C(=O)O)c1C(=O)Nc1cccc(Cl)c1Cl. The first-order valence-electron chi connectivity index (χ1n) is 5.42. The largest absolute Gasteiger partial charge is 0.478 e. The topological polar surface area (TPSA) is 84.2 Å². The van der Waals surface area contributed by atoms with Crippen LogP contribution in [0.3, 0.4) is 0 Å². The summed E-state index contributed by atoms with van der Waals surface area (Å²) in [6, 6.07) is 4.75. The molecule has 0 saturated heterocycles. The number of carboxylic acid groups (broad SMARTS) is 1. The maximum Gasteiger partial charge on any atom is 0.339 e. The van der Waals surface area contributed by atoms with Gasteiger partial charge in [-0.15, -0.1) is 0 Å². The zero-order valence-electron chi connectivity index (χ0n) is 10.2. The maximum atomic E-state index is 12.1. The minimum atomic E-state index is -1.24. The summed E-state index contributed by atoms with van der Waals surface area (Å²) in [5.41, 5.74) is 0.0263. The summed E-state index contributed by atoms with van der Waals surface area (Å²) in [5, 5.41) is 15.7. The second kappa shape index (κ2) is 5.52. The molecule has 2 rings (SSSR count). The molecule has 0 unspecified atom stereocenters. The number of nitrogens with one attached hydrogen (secondary N) is 1. The van der Waals surface area contributed by atoms with Gasteiger partial charge >= 0.3 is 5.97 Å². The molecule has 0 aliphatic heterocycles. The van der Waals surface area contributed by atoms with Crippen LogP contribution in [0.4, 0.5) is 5.69 Å². The molecule has 0 atom stereocenters. The first kappa shape index (κ1) is 14.4. The van der Waals surface area contributed by atoms with Crippen LogP contribution in [0.15, 0.2) is 24.4 Å². The number of hydrogen-bond acceptors (Lipinski definition) is 3. The normalized spacial score (nSPS) is 10.3. The number of carboxylic acids is 1. The van der Waals surface area contributed by atoms with Gasteiger partial charge in [-0.1, -0.05) is 29.3 Å². The van der Waals surface area contributed by atoms with Gasteiger partial charge in [-0.2, -0.15) is 5.10 Å². The van der Waals surface area contributed by atoms with Crippen molar-refractivity contribution in [2.75, 3.05) is 5.32 Å². The fourth-order valence-electron chi connectivity index (χ4n) is 1.65. The molecule has 1 aromatic heterocycles. The number of carbonyl (C=O) groups is 2. The first-order valence-corrected chi connectivity index (χ1v) is 6.18. The first-order chi connectivity index (χ1) is 9.41. The molecule has 0 aliphatic rings. The van der Waals surface area contributed by atoms with Gasteiger partial charge in [-0.05, 0) is 12.1 Å². The van der Waals surface area contributed by atoms with E-state index in [4.69, 9.17) is 28.3 Å². The molecule has 0 fully saturated rings. The molecule has 0 spiro atoms. The van der Waals surface area contributed by atoms with Gasteiger partial charge in [0.15, 0.2) is 0 Å². The van der Waals surface area contributed by atoms with E-state index in [1.54, 1.807) is 18.2 Å². The molecule has 2 aromatic rings. The van der Waals surface area contributed by atoms with Crippen molar-refractivity contribution in [1.29, 1.82) is 0 Å². The third kappa shape index (κ3) is 2.61. The van der Waals surface area contributed by atoms with Crippen molar-refractivity contribution in [2.24, 2.45) is 7.05 Å². The zero-order chi connectivity index (χ0) is 14.9. The molecule has 1 amide bonds. The minimum absolute atomic E-state index is 0.0754. The smallest absolute Gasteiger partial charge is 0.339 e. The predicted octanol–water partition coefficient (Wildman–Crippen LogP) is 2.68. The van der Waals surface area contributed by atoms with E-state index in [1.807, 2.05) is 0 Å². The van der Waals surface area contributed by atoms with Gasteiger partial charge in [0.1, 0.15) is 11.3 Å². The zero-order valence-corrected chi connectivity index (χ0v) is 11.7. The summed E-state index contributed by atoms with van der Waals surface area (Å²) in [4.78, 5) is 23.2. The molecule has 0 radical (unpaired) electrons. The van der Waals surface area contributed by atoms with E-state index in [2.05, 4.69) is 10.4 Å².